The van der Waals surface area contributed by atoms with Gasteiger partial charge < -0.3 is 10.8 Å². The minimum atomic E-state index is -2.44. The summed E-state index contributed by atoms with van der Waals surface area (Å²) in [4.78, 5) is 27.6. The van der Waals surface area contributed by atoms with Crippen LogP contribution in [0.25, 0.3) is 89.7 Å². The van der Waals surface area contributed by atoms with Gasteiger partial charge in [0, 0.05) is 10.8 Å². The number of nitrogens with two attached hydrogens (primary N) is 1. The standard InChI is InChI=1S/C40H23F12N9/c1-5-9-10(6-2)12(8-4)14-13(11(9)7-3)33-54-34(14)56-36-16-18(24(44)30(50)28(48)22(16)42)38(58-36)60-40-20-19(25(45)31(51)32(52)26(20)46)39(61(40)53)59-37-17-15(35(55-33)57-37)21(41)27(47)29(49)23(17)43/h5-8,53H2,1-4H3,(H,54,55,56,57,58,59,60). The van der Waals surface area contributed by atoms with E-state index in [9.17, 15) is 17.6 Å². The van der Waals surface area contributed by atoms with Crippen LogP contribution in [-0.4, -0.2) is 39.6 Å². The van der Waals surface area contributed by atoms with Crippen molar-refractivity contribution in [2.75, 3.05) is 5.84 Å². The van der Waals surface area contributed by atoms with Crippen molar-refractivity contribution >= 4 is 44.1 Å². The van der Waals surface area contributed by atoms with Gasteiger partial charge in [0.1, 0.15) is 11.3 Å². The molecule has 9 rings (SSSR count). The lowest BCUT2D eigenvalue weighted by Crippen LogP contribution is -2.09. The lowest BCUT2D eigenvalue weighted by Gasteiger charge is -2.18. The second-order valence-electron chi connectivity index (χ2n) is 13.9. The second kappa shape index (κ2) is 13.6. The van der Waals surface area contributed by atoms with Gasteiger partial charge in [-0.2, -0.15) is 0 Å². The highest BCUT2D eigenvalue weighted by Crippen LogP contribution is 2.45. The summed E-state index contributed by atoms with van der Waals surface area (Å²) in [6.45, 7) is 7.32. The highest BCUT2D eigenvalue weighted by molar-refractivity contribution is 6.10. The summed E-state index contributed by atoms with van der Waals surface area (Å²) in [7, 11) is 0. The molecule has 4 aromatic carbocycles. The first-order chi connectivity index (χ1) is 29.0. The molecule has 61 heavy (non-hydrogen) atoms. The predicted molar refractivity (Wildman–Crippen MR) is 197 cm³/mol. The number of halogens is 12. The van der Waals surface area contributed by atoms with Crippen LogP contribution >= 0.6 is 0 Å². The number of nitrogens with one attached hydrogen (secondary N) is 1. The van der Waals surface area contributed by atoms with Gasteiger partial charge in [-0.05, 0) is 47.9 Å². The number of nitrogen functional groups attached to an aromatic ring is 1. The van der Waals surface area contributed by atoms with Gasteiger partial charge in [-0.3, -0.25) is 0 Å². The predicted octanol–water partition coefficient (Wildman–Crippen LogP) is 9.98. The SMILES string of the molecule is CCc1c(CC)c(CC)c2c3nc4nc(nc5c6c(F)c(F)c(F)c(F)c6c(nc6nc(nc([nH]3)c2c1CC)-c1c(F)c(F)c(F)c(F)c1-6)n5N)-c1c(F)c(F)c(F)c(F)c1-4. The molecule has 0 fully saturated rings. The zero-order valence-electron chi connectivity index (χ0n) is 31.6. The average Bonchev–Trinajstić information content (AvgIpc) is 3.97. The molecule has 8 bridgehead atoms. The topological polar surface area (TPSA) is 124 Å². The molecule has 312 valence electrons. The molecule has 3 N–H and O–H groups in total. The van der Waals surface area contributed by atoms with Crippen molar-refractivity contribution in [2.45, 2.75) is 53.4 Å². The summed E-state index contributed by atoms with van der Waals surface area (Å²) >= 11 is 0. The Morgan fingerprint density at radius 3 is 0.934 bits per heavy atom. The van der Waals surface area contributed by atoms with Gasteiger partial charge >= 0.3 is 0 Å². The van der Waals surface area contributed by atoms with E-state index in [4.69, 9.17) is 5.84 Å². The fraction of sp³-hybridized carbons (Fsp3) is 0.200. The number of aromatic amines is 1. The van der Waals surface area contributed by atoms with Crippen molar-refractivity contribution in [1.29, 1.82) is 0 Å². The molecule has 0 amide bonds. The summed E-state index contributed by atoms with van der Waals surface area (Å²) in [6, 6.07) is 0. The molecular weight excluding hydrogens is 834 g/mol. The Bertz CT molecular complexity index is 3150. The number of fused-ring (bicyclic) bond motifs is 20. The van der Waals surface area contributed by atoms with E-state index in [2.05, 4.69) is 34.9 Å². The van der Waals surface area contributed by atoms with Gasteiger partial charge in [0.15, 0.2) is 104 Å². The minimum Gasteiger partial charge on any atom is -0.336 e. The summed E-state index contributed by atoms with van der Waals surface area (Å²) in [5, 5.41) is -2.22. The molecule has 9 nitrogen and oxygen atoms in total. The number of benzene rings is 4. The molecule has 2 aliphatic heterocycles. The van der Waals surface area contributed by atoms with Crippen molar-refractivity contribution in [1.82, 2.24) is 39.6 Å². The first-order valence-electron chi connectivity index (χ1n) is 18.4. The Hall–Kier alpha value is -6.80. The van der Waals surface area contributed by atoms with Crippen molar-refractivity contribution in [2.24, 2.45) is 0 Å². The van der Waals surface area contributed by atoms with Gasteiger partial charge in [0.25, 0.3) is 0 Å². The van der Waals surface area contributed by atoms with Gasteiger partial charge in [0.05, 0.1) is 33.0 Å². The maximum absolute atomic E-state index is 15.9. The number of hydrogen-bond acceptors (Lipinski definition) is 7. The van der Waals surface area contributed by atoms with E-state index < -0.39 is 137 Å². The molecule has 0 aliphatic carbocycles. The van der Waals surface area contributed by atoms with Crippen molar-refractivity contribution < 1.29 is 52.7 Å². The van der Waals surface area contributed by atoms with Crippen molar-refractivity contribution in [3.63, 3.8) is 0 Å². The van der Waals surface area contributed by atoms with E-state index in [0.717, 1.165) is 11.1 Å². The summed E-state index contributed by atoms with van der Waals surface area (Å²) in [5.41, 5.74) is -4.66. The summed E-state index contributed by atoms with van der Waals surface area (Å²) < 4.78 is 185. The van der Waals surface area contributed by atoms with E-state index in [1.54, 1.807) is 13.8 Å². The smallest absolute Gasteiger partial charge is 0.198 e. The van der Waals surface area contributed by atoms with Crippen molar-refractivity contribution in [3.05, 3.63) is 92.1 Å². The zero-order chi connectivity index (χ0) is 43.8. The van der Waals surface area contributed by atoms with Crippen LogP contribution in [0.5, 0.6) is 0 Å². The number of aryl methyl sites for hydroxylation is 2. The second-order valence-corrected chi connectivity index (χ2v) is 13.9. The highest BCUT2D eigenvalue weighted by atomic mass is 19.2. The number of rotatable bonds is 4. The number of aromatic nitrogens is 8. The van der Waals surface area contributed by atoms with Crippen LogP contribution in [0, 0.1) is 69.8 Å². The molecule has 21 heteroatoms. The molecule has 3 aromatic heterocycles. The molecule has 2 aliphatic rings. The maximum Gasteiger partial charge on any atom is 0.198 e. The Labute approximate surface area is 333 Å². The monoisotopic (exact) mass is 857 g/mol. The summed E-state index contributed by atoms with van der Waals surface area (Å²) in [6.07, 6.45) is 1.51. The fourth-order valence-corrected chi connectivity index (χ4v) is 8.41. The lowest BCUT2D eigenvalue weighted by molar-refractivity contribution is 0.412. The van der Waals surface area contributed by atoms with Crippen molar-refractivity contribution in [3.8, 4) is 45.6 Å². The molecule has 0 saturated heterocycles. The van der Waals surface area contributed by atoms with Crippen LogP contribution in [0.2, 0.25) is 0 Å². The Morgan fingerprint density at radius 1 is 0.361 bits per heavy atom. The van der Waals surface area contributed by atoms with E-state index in [1.165, 1.54) is 0 Å². The van der Waals surface area contributed by atoms with Crippen LogP contribution in [-0.2, 0) is 25.7 Å². The number of nitrogens with zero attached hydrogens (tertiary/aromatic N) is 7. The molecule has 5 heterocycles. The molecule has 0 radical (unpaired) electrons. The van der Waals surface area contributed by atoms with E-state index in [-0.39, 0.29) is 26.7 Å². The Morgan fingerprint density at radius 2 is 0.639 bits per heavy atom. The molecule has 0 spiro atoms. The molecular formula is C40H23F12N9. The molecule has 7 aromatic rings. The van der Waals surface area contributed by atoms with Gasteiger partial charge in [0.2, 0.25) is 0 Å². The van der Waals surface area contributed by atoms with Crippen LogP contribution in [0.15, 0.2) is 0 Å². The Kier molecular flexibility index (Phi) is 8.85. The molecule has 0 unspecified atom stereocenters. The Balaban J connectivity index is 1.65. The van der Waals surface area contributed by atoms with Gasteiger partial charge in [-0.1, -0.05) is 27.7 Å². The molecule has 0 saturated carbocycles. The van der Waals surface area contributed by atoms with Gasteiger partial charge in [-0.15, -0.1) is 0 Å². The number of H-pyrrole nitrogens is 1. The third kappa shape index (κ3) is 5.11. The molecule has 0 atom stereocenters. The maximum atomic E-state index is 15.9. The highest BCUT2D eigenvalue weighted by Gasteiger charge is 2.37. The normalized spacial score (nSPS) is 12.3. The van der Waals surface area contributed by atoms with Crippen LogP contribution in [0.1, 0.15) is 49.9 Å². The van der Waals surface area contributed by atoms with E-state index >= 15 is 35.1 Å². The van der Waals surface area contributed by atoms with Crippen LogP contribution in [0.4, 0.5) is 52.7 Å². The lowest BCUT2D eigenvalue weighted by atomic mass is 9.86. The van der Waals surface area contributed by atoms with E-state index in [1.807, 2.05) is 13.8 Å². The first-order valence-corrected chi connectivity index (χ1v) is 18.4. The third-order valence-electron chi connectivity index (χ3n) is 11.0. The fourth-order valence-electron chi connectivity index (χ4n) is 8.41. The van der Waals surface area contributed by atoms with Gasteiger partial charge in [-0.25, -0.2) is 87.3 Å². The van der Waals surface area contributed by atoms with E-state index in [0.29, 0.717) is 36.8 Å². The third-order valence-corrected chi connectivity index (χ3v) is 11.0. The zero-order valence-corrected chi connectivity index (χ0v) is 31.6. The largest absolute Gasteiger partial charge is 0.336 e. The summed E-state index contributed by atoms with van der Waals surface area (Å²) in [5.74, 6) is -24.7. The van der Waals surface area contributed by atoms with Crippen LogP contribution < -0.4 is 5.84 Å². The first kappa shape index (κ1) is 39.6. The van der Waals surface area contributed by atoms with Crippen LogP contribution in [0.3, 0.4) is 0 Å². The average molecular weight is 858 g/mol. The quantitative estimate of drug-likeness (QED) is 0.0782. The number of hydrogen-bond donors (Lipinski definition) is 2. The minimum absolute atomic E-state index is 0.0860.